The lowest BCUT2D eigenvalue weighted by molar-refractivity contribution is -0.123. The summed E-state index contributed by atoms with van der Waals surface area (Å²) in [5, 5.41) is 3.55. The van der Waals surface area contributed by atoms with E-state index in [9.17, 15) is 4.79 Å². The van der Waals surface area contributed by atoms with E-state index in [0.29, 0.717) is 30.3 Å². The molecule has 0 aliphatic heterocycles. The Balaban J connectivity index is 1.27. The zero-order valence-corrected chi connectivity index (χ0v) is 21.6. The summed E-state index contributed by atoms with van der Waals surface area (Å²) in [6, 6.07) is 21.4. The van der Waals surface area contributed by atoms with E-state index in [1.807, 2.05) is 18.2 Å². The fraction of sp³-hybridized carbons (Fsp3) is 0.310. The monoisotopic (exact) mass is 505 g/mol. The molecule has 0 bridgehead atoms. The maximum absolute atomic E-state index is 12.2. The van der Waals surface area contributed by atoms with Crippen LogP contribution in [0.1, 0.15) is 29.8 Å². The van der Waals surface area contributed by atoms with Gasteiger partial charge in [-0.05, 0) is 80.3 Å². The molecule has 4 aromatic rings. The minimum Gasteiger partial charge on any atom is -0.493 e. The van der Waals surface area contributed by atoms with Gasteiger partial charge in [0.2, 0.25) is 0 Å². The van der Waals surface area contributed by atoms with Gasteiger partial charge in [0.05, 0.1) is 17.6 Å². The van der Waals surface area contributed by atoms with Gasteiger partial charge >= 0.3 is 0 Å². The van der Waals surface area contributed by atoms with Crippen molar-refractivity contribution in [3.05, 3.63) is 88.7 Å². The first-order valence-corrected chi connectivity index (χ1v) is 12.7. The normalized spacial score (nSPS) is 11.0. The van der Waals surface area contributed by atoms with Gasteiger partial charge in [-0.3, -0.25) is 4.79 Å². The molecule has 0 spiro atoms. The molecule has 0 saturated carbocycles. The highest BCUT2D eigenvalue weighted by Gasteiger charge is 2.11. The smallest absolute Gasteiger partial charge is 0.257 e. The standard InChI is InChI=1S/C29H32ClN3O3/c1-21-9-10-22(2)27(19-21)35-18-6-5-17-33-26-8-4-3-7-25(26)32-28(33)15-16-31-29(34)20-36-24-13-11-23(30)12-14-24/h3-4,7-14,19H,5-6,15-18,20H2,1-2H3,(H,31,34). The van der Waals surface area contributed by atoms with Gasteiger partial charge in [-0.2, -0.15) is 0 Å². The van der Waals surface area contributed by atoms with Gasteiger partial charge < -0.3 is 19.4 Å². The number of aromatic nitrogens is 2. The summed E-state index contributed by atoms with van der Waals surface area (Å²) in [4.78, 5) is 17.0. The molecule has 0 radical (unpaired) electrons. The van der Waals surface area contributed by atoms with Crippen molar-refractivity contribution in [1.29, 1.82) is 0 Å². The first-order chi connectivity index (χ1) is 17.5. The summed E-state index contributed by atoms with van der Waals surface area (Å²) in [5.41, 5.74) is 4.44. The van der Waals surface area contributed by atoms with E-state index in [4.69, 9.17) is 26.1 Å². The molecule has 0 aliphatic carbocycles. The summed E-state index contributed by atoms with van der Waals surface area (Å²) in [5.74, 6) is 2.36. The van der Waals surface area contributed by atoms with E-state index >= 15 is 0 Å². The Morgan fingerprint density at radius 2 is 1.81 bits per heavy atom. The van der Waals surface area contributed by atoms with E-state index < -0.39 is 0 Å². The Labute approximate surface area is 217 Å². The number of nitrogens with zero attached hydrogens (tertiary/aromatic N) is 2. The highest BCUT2D eigenvalue weighted by molar-refractivity contribution is 6.30. The Morgan fingerprint density at radius 1 is 1.00 bits per heavy atom. The molecule has 1 N–H and O–H groups in total. The molecular formula is C29H32ClN3O3. The molecule has 1 aromatic heterocycles. The molecule has 0 atom stereocenters. The number of imidazole rings is 1. The second-order valence-electron chi connectivity index (χ2n) is 8.84. The first kappa shape index (κ1) is 25.6. The van der Waals surface area contributed by atoms with Crippen LogP contribution in [0.15, 0.2) is 66.7 Å². The van der Waals surface area contributed by atoms with Crippen LogP contribution in [0.25, 0.3) is 11.0 Å². The Kier molecular flexibility index (Phi) is 8.85. The van der Waals surface area contributed by atoms with Crippen LogP contribution in [-0.2, 0) is 17.8 Å². The first-order valence-electron chi connectivity index (χ1n) is 12.3. The van der Waals surface area contributed by atoms with Gasteiger partial charge in [0.1, 0.15) is 17.3 Å². The number of nitrogens with one attached hydrogen (secondary N) is 1. The van der Waals surface area contributed by atoms with Crippen LogP contribution < -0.4 is 14.8 Å². The Hall–Kier alpha value is -3.51. The number of unbranched alkanes of at least 4 members (excludes halogenated alkanes) is 1. The van der Waals surface area contributed by atoms with Crippen molar-refractivity contribution in [2.75, 3.05) is 19.8 Å². The quantitative estimate of drug-likeness (QED) is 0.243. The minimum absolute atomic E-state index is 0.0432. The second-order valence-corrected chi connectivity index (χ2v) is 9.27. The summed E-state index contributed by atoms with van der Waals surface area (Å²) in [6.45, 7) is 6.12. The van der Waals surface area contributed by atoms with E-state index in [2.05, 4.69) is 48.0 Å². The molecular weight excluding hydrogens is 474 g/mol. The van der Waals surface area contributed by atoms with E-state index in [1.54, 1.807) is 24.3 Å². The zero-order valence-electron chi connectivity index (χ0n) is 20.8. The van der Waals surface area contributed by atoms with Crippen LogP contribution in [-0.4, -0.2) is 35.2 Å². The molecule has 0 saturated heterocycles. The predicted octanol–water partition coefficient (Wildman–Crippen LogP) is 5.90. The molecule has 1 heterocycles. The Bertz CT molecular complexity index is 1300. The molecule has 188 valence electrons. The van der Waals surface area contributed by atoms with Crippen LogP contribution in [0.4, 0.5) is 0 Å². The molecule has 0 aliphatic rings. The van der Waals surface area contributed by atoms with Crippen LogP contribution in [0.5, 0.6) is 11.5 Å². The van der Waals surface area contributed by atoms with Crippen molar-refractivity contribution in [1.82, 2.24) is 14.9 Å². The number of para-hydroxylation sites is 2. The van der Waals surface area contributed by atoms with Gasteiger partial charge in [-0.15, -0.1) is 0 Å². The van der Waals surface area contributed by atoms with Gasteiger partial charge in [-0.1, -0.05) is 35.9 Å². The third-order valence-corrected chi connectivity index (χ3v) is 6.22. The minimum atomic E-state index is -0.170. The number of fused-ring (bicyclic) bond motifs is 1. The van der Waals surface area contributed by atoms with Crippen molar-refractivity contribution >= 4 is 28.5 Å². The predicted molar refractivity (Wildman–Crippen MR) is 144 cm³/mol. The molecule has 7 heteroatoms. The van der Waals surface area contributed by atoms with E-state index in [1.165, 1.54) is 5.56 Å². The number of hydrogen-bond donors (Lipinski definition) is 1. The molecule has 3 aromatic carbocycles. The van der Waals surface area contributed by atoms with Crippen molar-refractivity contribution < 1.29 is 14.3 Å². The van der Waals surface area contributed by atoms with Crippen molar-refractivity contribution in [3.8, 4) is 11.5 Å². The summed E-state index contributed by atoms with van der Waals surface area (Å²) >= 11 is 5.88. The molecule has 4 rings (SSSR count). The van der Waals surface area contributed by atoms with Crippen LogP contribution in [0.2, 0.25) is 5.02 Å². The fourth-order valence-electron chi connectivity index (χ4n) is 4.03. The number of ether oxygens (including phenoxy) is 2. The highest BCUT2D eigenvalue weighted by atomic mass is 35.5. The van der Waals surface area contributed by atoms with Crippen LogP contribution >= 0.6 is 11.6 Å². The van der Waals surface area contributed by atoms with Gasteiger partial charge in [0.25, 0.3) is 5.91 Å². The fourth-order valence-corrected chi connectivity index (χ4v) is 4.15. The number of amides is 1. The molecule has 0 unspecified atom stereocenters. The number of hydrogen-bond acceptors (Lipinski definition) is 4. The second kappa shape index (κ2) is 12.5. The van der Waals surface area contributed by atoms with E-state index in [0.717, 1.165) is 47.6 Å². The average Bonchev–Trinajstić information content (AvgIpc) is 3.23. The molecule has 1 amide bonds. The number of aryl methyl sites for hydroxylation is 3. The highest BCUT2D eigenvalue weighted by Crippen LogP contribution is 2.20. The summed E-state index contributed by atoms with van der Waals surface area (Å²) in [7, 11) is 0. The lowest BCUT2D eigenvalue weighted by Gasteiger charge is -2.12. The number of carbonyl (C=O) groups is 1. The number of benzene rings is 3. The molecule has 36 heavy (non-hydrogen) atoms. The summed E-state index contributed by atoms with van der Waals surface area (Å²) in [6.07, 6.45) is 2.55. The number of halogens is 1. The van der Waals surface area contributed by atoms with Crippen molar-refractivity contribution in [3.63, 3.8) is 0 Å². The lowest BCUT2D eigenvalue weighted by Crippen LogP contribution is -2.31. The topological polar surface area (TPSA) is 65.4 Å². The Morgan fingerprint density at radius 3 is 2.64 bits per heavy atom. The van der Waals surface area contributed by atoms with Crippen molar-refractivity contribution in [2.24, 2.45) is 0 Å². The summed E-state index contributed by atoms with van der Waals surface area (Å²) < 4.78 is 13.8. The van der Waals surface area contributed by atoms with Gasteiger partial charge in [0, 0.05) is 24.5 Å². The maximum atomic E-state index is 12.2. The van der Waals surface area contributed by atoms with Crippen LogP contribution in [0, 0.1) is 13.8 Å². The lowest BCUT2D eigenvalue weighted by atomic mass is 10.1. The molecule has 0 fully saturated rings. The van der Waals surface area contributed by atoms with E-state index in [-0.39, 0.29) is 12.5 Å². The largest absolute Gasteiger partial charge is 0.493 e. The van der Waals surface area contributed by atoms with Crippen LogP contribution in [0.3, 0.4) is 0 Å². The third-order valence-electron chi connectivity index (χ3n) is 5.97. The number of carbonyl (C=O) groups excluding carboxylic acids is 1. The van der Waals surface area contributed by atoms with Gasteiger partial charge in [0.15, 0.2) is 6.61 Å². The van der Waals surface area contributed by atoms with Gasteiger partial charge in [-0.25, -0.2) is 4.98 Å². The molecule has 6 nitrogen and oxygen atoms in total. The average molecular weight is 506 g/mol. The zero-order chi connectivity index (χ0) is 25.3. The maximum Gasteiger partial charge on any atom is 0.257 e. The van der Waals surface area contributed by atoms with Crippen molar-refractivity contribution in [2.45, 2.75) is 39.7 Å². The SMILES string of the molecule is Cc1ccc(C)c(OCCCCn2c(CCNC(=O)COc3ccc(Cl)cc3)nc3ccccc32)c1. The number of rotatable bonds is 12. The third kappa shape index (κ3) is 7.01.